The van der Waals surface area contributed by atoms with Gasteiger partial charge in [-0.1, -0.05) is 44.2 Å². The first-order valence-electron chi connectivity index (χ1n) is 6.69. The van der Waals surface area contributed by atoms with E-state index in [1.165, 1.54) is 38.2 Å². The first kappa shape index (κ1) is 12.6. The van der Waals surface area contributed by atoms with Crippen molar-refractivity contribution in [2.24, 2.45) is 5.41 Å². The zero-order valence-corrected chi connectivity index (χ0v) is 11.1. The van der Waals surface area contributed by atoms with Gasteiger partial charge < -0.3 is 5.32 Å². The maximum absolute atomic E-state index is 3.39. The zero-order valence-electron chi connectivity index (χ0n) is 11.1. The molecule has 0 bridgehead atoms. The molecule has 1 saturated heterocycles. The predicted molar refractivity (Wildman–Crippen MR) is 73.0 cm³/mol. The lowest BCUT2D eigenvalue weighted by Gasteiger charge is -2.43. The van der Waals surface area contributed by atoms with Crippen molar-refractivity contribution in [3.05, 3.63) is 35.9 Å². The second kappa shape index (κ2) is 5.65. The third-order valence-electron chi connectivity index (χ3n) is 3.50. The van der Waals surface area contributed by atoms with Crippen LogP contribution in [-0.2, 0) is 6.54 Å². The molecule has 1 aromatic rings. The van der Waals surface area contributed by atoms with Crippen molar-refractivity contribution in [3.8, 4) is 0 Å². The molecule has 2 nitrogen and oxygen atoms in total. The van der Waals surface area contributed by atoms with Crippen molar-refractivity contribution >= 4 is 0 Å². The Morgan fingerprint density at radius 1 is 1.24 bits per heavy atom. The third-order valence-corrected chi connectivity index (χ3v) is 3.50. The largest absolute Gasteiger partial charge is 0.315 e. The SMILES string of the molecule is CCCN(Cc1ccccc1)CC1(C)CNC1. The Morgan fingerprint density at radius 2 is 1.94 bits per heavy atom. The highest BCUT2D eigenvalue weighted by Gasteiger charge is 2.33. The summed E-state index contributed by atoms with van der Waals surface area (Å²) in [7, 11) is 0. The number of nitrogens with one attached hydrogen (secondary N) is 1. The molecule has 1 fully saturated rings. The molecule has 0 aromatic heterocycles. The minimum atomic E-state index is 0.490. The third kappa shape index (κ3) is 3.55. The fourth-order valence-electron chi connectivity index (χ4n) is 2.58. The molecule has 0 spiro atoms. The van der Waals surface area contributed by atoms with Crippen LogP contribution in [0.5, 0.6) is 0 Å². The molecule has 0 radical (unpaired) electrons. The molecule has 2 heteroatoms. The molecule has 1 heterocycles. The summed E-state index contributed by atoms with van der Waals surface area (Å²) >= 11 is 0. The summed E-state index contributed by atoms with van der Waals surface area (Å²) in [5.41, 5.74) is 1.92. The van der Waals surface area contributed by atoms with Gasteiger partial charge in [-0.05, 0) is 18.5 Å². The maximum atomic E-state index is 3.39. The fraction of sp³-hybridized carbons (Fsp3) is 0.600. The minimum absolute atomic E-state index is 0.490. The van der Waals surface area contributed by atoms with Gasteiger partial charge in [0, 0.05) is 31.6 Å². The van der Waals surface area contributed by atoms with Gasteiger partial charge in [0.05, 0.1) is 0 Å². The van der Waals surface area contributed by atoms with E-state index in [0.717, 1.165) is 6.54 Å². The van der Waals surface area contributed by atoms with E-state index in [1.54, 1.807) is 0 Å². The number of hydrogen-bond acceptors (Lipinski definition) is 2. The van der Waals surface area contributed by atoms with Gasteiger partial charge in [0.2, 0.25) is 0 Å². The van der Waals surface area contributed by atoms with Crippen molar-refractivity contribution < 1.29 is 0 Å². The fourth-order valence-corrected chi connectivity index (χ4v) is 2.58. The summed E-state index contributed by atoms with van der Waals surface area (Å²) < 4.78 is 0. The van der Waals surface area contributed by atoms with Gasteiger partial charge in [0.15, 0.2) is 0 Å². The molecule has 1 aliphatic rings. The molecule has 0 amide bonds. The number of hydrogen-bond donors (Lipinski definition) is 1. The van der Waals surface area contributed by atoms with Crippen LogP contribution in [0.2, 0.25) is 0 Å². The van der Waals surface area contributed by atoms with E-state index >= 15 is 0 Å². The molecule has 1 N–H and O–H groups in total. The van der Waals surface area contributed by atoms with Crippen molar-refractivity contribution in [2.45, 2.75) is 26.8 Å². The normalized spacial score (nSPS) is 18.1. The summed E-state index contributed by atoms with van der Waals surface area (Å²) in [4.78, 5) is 2.59. The molecule has 1 aliphatic heterocycles. The molecule has 0 atom stereocenters. The van der Waals surface area contributed by atoms with Crippen LogP contribution >= 0.6 is 0 Å². The van der Waals surface area contributed by atoms with E-state index in [2.05, 4.69) is 54.4 Å². The van der Waals surface area contributed by atoms with Gasteiger partial charge in [-0.25, -0.2) is 0 Å². The van der Waals surface area contributed by atoms with E-state index in [1.807, 2.05) is 0 Å². The Hall–Kier alpha value is -0.860. The van der Waals surface area contributed by atoms with E-state index in [-0.39, 0.29) is 0 Å². The maximum Gasteiger partial charge on any atom is 0.0233 e. The van der Waals surface area contributed by atoms with E-state index in [0.29, 0.717) is 5.41 Å². The average molecular weight is 232 g/mol. The highest BCUT2D eigenvalue weighted by atomic mass is 15.2. The molecular weight excluding hydrogens is 208 g/mol. The van der Waals surface area contributed by atoms with Crippen molar-refractivity contribution in [2.75, 3.05) is 26.2 Å². The summed E-state index contributed by atoms with van der Waals surface area (Å²) in [5, 5.41) is 3.39. The molecule has 2 rings (SSSR count). The molecule has 0 aliphatic carbocycles. The first-order chi connectivity index (χ1) is 8.22. The van der Waals surface area contributed by atoms with Crippen LogP contribution in [0.3, 0.4) is 0 Å². The molecule has 0 unspecified atom stereocenters. The lowest BCUT2D eigenvalue weighted by Crippen LogP contribution is -2.56. The highest BCUT2D eigenvalue weighted by molar-refractivity contribution is 5.14. The second-order valence-corrected chi connectivity index (χ2v) is 5.61. The summed E-state index contributed by atoms with van der Waals surface area (Å²) in [6, 6.07) is 10.8. The van der Waals surface area contributed by atoms with Gasteiger partial charge in [-0.3, -0.25) is 4.90 Å². The zero-order chi connectivity index (χ0) is 12.1. The number of rotatable bonds is 6. The first-order valence-corrected chi connectivity index (χ1v) is 6.69. The van der Waals surface area contributed by atoms with Crippen LogP contribution in [0.4, 0.5) is 0 Å². The average Bonchev–Trinajstić information content (AvgIpc) is 2.28. The highest BCUT2D eigenvalue weighted by Crippen LogP contribution is 2.23. The standard InChI is InChI=1S/C15H24N2/c1-3-9-17(13-15(2)11-16-12-15)10-14-7-5-4-6-8-14/h4-8,16H,3,9-13H2,1-2H3. The van der Waals surface area contributed by atoms with Gasteiger partial charge in [0.1, 0.15) is 0 Å². The van der Waals surface area contributed by atoms with Gasteiger partial charge in [0.25, 0.3) is 0 Å². The summed E-state index contributed by atoms with van der Waals surface area (Å²) in [6.45, 7) is 10.5. The Kier molecular flexibility index (Phi) is 4.19. The lowest BCUT2D eigenvalue weighted by molar-refractivity contribution is 0.103. The van der Waals surface area contributed by atoms with Crippen LogP contribution in [0.15, 0.2) is 30.3 Å². The summed E-state index contributed by atoms with van der Waals surface area (Å²) in [5.74, 6) is 0. The smallest absolute Gasteiger partial charge is 0.0233 e. The van der Waals surface area contributed by atoms with Gasteiger partial charge in [-0.2, -0.15) is 0 Å². The minimum Gasteiger partial charge on any atom is -0.315 e. The van der Waals surface area contributed by atoms with Crippen LogP contribution in [-0.4, -0.2) is 31.1 Å². The van der Waals surface area contributed by atoms with Gasteiger partial charge in [-0.15, -0.1) is 0 Å². The Labute approximate surface area is 105 Å². The quantitative estimate of drug-likeness (QED) is 0.810. The van der Waals surface area contributed by atoms with Crippen LogP contribution in [0, 0.1) is 5.41 Å². The molecule has 1 aromatic carbocycles. The van der Waals surface area contributed by atoms with Crippen LogP contribution in [0.25, 0.3) is 0 Å². The van der Waals surface area contributed by atoms with Crippen molar-refractivity contribution in [3.63, 3.8) is 0 Å². The number of nitrogens with zero attached hydrogens (tertiary/aromatic N) is 1. The molecule has 17 heavy (non-hydrogen) atoms. The molecule has 0 saturated carbocycles. The van der Waals surface area contributed by atoms with E-state index in [9.17, 15) is 0 Å². The summed E-state index contributed by atoms with van der Waals surface area (Å²) in [6.07, 6.45) is 1.23. The Morgan fingerprint density at radius 3 is 2.47 bits per heavy atom. The van der Waals surface area contributed by atoms with Crippen LogP contribution < -0.4 is 5.32 Å². The van der Waals surface area contributed by atoms with Crippen molar-refractivity contribution in [1.29, 1.82) is 0 Å². The van der Waals surface area contributed by atoms with Crippen LogP contribution in [0.1, 0.15) is 25.8 Å². The molecular formula is C15H24N2. The number of benzene rings is 1. The van der Waals surface area contributed by atoms with E-state index in [4.69, 9.17) is 0 Å². The predicted octanol–water partition coefficient (Wildman–Crippen LogP) is 2.51. The second-order valence-electron chi connectivity index (χ2n) is 5.61. The van der Waals surface area contributed by atoms with Gasteiger partial charge >= 0.3 is 0 Å². The molecule has 94 valence electrons. The Bertz CT molecular complexity index is 330. The topological polar surface area (TPSA) is 15.3 Å². The lowest BCUT2D eigenvalue weighted by atomic mass is 9.83. The van der Waals surface area contributed by atoms with Crippen molar-refractivity contribution in [1.82, 2.24) is 10.2 Å². The Balaban J connectivity index is 1.92. The monoisotopic (exact) mass is 232 g/mol. The van der Waals surface area contributed by atoms with E-state index < -0.39 is 0 Å².